The highest BCUT2D eigenvalue weighted by Crippen LogP contribution is 2.45. The highest BCUT2D eigenvalue weighted by molar-refractivity contribution is 6.04. The Balaban J connectivity index is 2.85. The summed E-state index contributed by atoms with van der Waals surface area (Å²) in [5.41, 5.74) is -8.10. The second-order valence-corrected chi connectivity index (χ2v) is 6.28. The lowest BCUT2D eigenvalue weighted by Gasteiger charge is -2.54. The van der Waals surface area contributed by atoms with Crippen LogP contribution in [0.2, 0.25) is 0 Å². The van der Waals surface area contributed by atoms with Crippen molar-refractivity contribution in [2.24, 2.45) is 0 Å². The van der Waals surface area contributed by atoms with Crippen LogP contribution in [0.3, 0.4) is 0 Å². The first-order valence-electron chi connectivity index (χ1n) is 9.99. The second-order valence-electron chi connectivity index (χ2n) is 6.28. The summed E-state index contributed by atoms with van der Waals surface area (Å²) in [4.78, 5) is 49.2. The van der Waals surface area contributed by atoms with E-state index in [9.17, 15) is 39.6 Å². The van der Waals surface area contributed by atoms with Crippen molar-refractivity contribution in [2.45, 2.75) is 43.8 Å². The Kier molecular flexibility index (Phi) is 4.51. The number of aliphatic hydroxyl groups is 3. The number of aliphatic hydroxyl groups excluding tert-OH is 1. The van der Waals surface area contributed by atoms with Crippen LogP contribution in [0.4, 0.5) is 0 Å². The van der Waals surface area contributed by atoms with Gasteiger partial charge in [-0.05, 0) is 32.0 Å². The Morgan fingerprint density at radius 2 is 1.76 bits per heavy atom. The first-order valence-corrected chi connectivity index (χ1v) is 7.87. The summed E-state index contributed by atoms with van der Waals surface area (Å²) in [6.07, 6.45) is -2.34. The van der Waals surface area contributed by atoms with E-state index in [-0.39, 0.29) is 0 Å². The van der Waals surface area contributed by atoms with Gasteiger partial charge in [-0.3, -0.25) is 14.4 Å². The average molecular weight is 415 g/mol. The highest BCUT2D eigenvalue weighted by Gasteiger charge is 2.77. The van der Waals surface area contributed by atoms with E-state index in [0.29, 0.717) is 6.07 Å². The number of carboxylic acid groups (broad SMARTS) is 1. The summed E-state index contributed by atoms with van der Waals surface area (Å²) in [5, 5.41) is 51.4. The number of phenols is 1. The van der Waals surface area contributed by atoms with Crippen LogP contribution in [0, 0.1) is 0 Å². The molecule has 2 rings (SSSR count). The fourth-order valence-electron chi connectivity index (χ4n) is 3.06. The van der Waals surface area contributed by atoms with Crippen molar-refractivity contribution in [2.75, 3.05) is 6.61 Å². The molecule has 1 aromatic rings. The van der Waals surface area contributed by atoms with E-state index in [2.05, 4.69) is 0 Å². The quantitative estimate of drug-likeness (QED) is 0.375. The van der Waals surface area contributed by atoms with Crippen molar-refractivity contribution in [3.8, 4) is 11.5 Å². The van der Waals surface area contributed by atoms with Gasteiger partial charge in [0, 0.05) is 11.0 Å². The standard InChI is InChI=1S/C18H20O11/c1-8(19)16(26)14(23)7-28-18(10(3)21,17(16,27)9(2)20)29-11-4-5-13(22)12(6-11)15(24)25/h4-6,14,22-23,26-27H,7H2,1-3H3,(H,24,25)/t14-,16+,17-,18?/m1/s1/i1D,2D,3D. The van der Waals surface area contributed by atoms with Crippen LogP contribution >= 0.6 is 0 Å². The summed E-state index contributed by atoms with van der Waals surface area (Å²) < 4.78 is 32.4. The highest BCUT2D eigenvalue weighted by atomic mass is 16.7. The third kappa shape index (κ3) is 2.99. The molecule has 0 aromatic heterocycles. The molecule has 1 aliphatic heterocycles. The van der Waals surface area contributed by atoms with Crippen LogP contribution in [0.15, 0.2) is 18.2 Å². The minimum absolute atomic E-state index is 0.615. The smallest absolute Gasteiger partial charge is 0.339 e. The lowest BCUT2D eigenvalue weighted by Crippen LogP contribution is -2.84. The van der Waals surface area contributed by atoms with Gasteiger partial charge < -0.3 is 35.0 Å². The molecule has 0 aliphatic carbocycles. The van der Waals surface area contributed by atoms with Crippen molar-refractivity contribution in [3.05, 3.63) is 23.8 Å². The summed E-state index contributed by atoms with van der Waals surface area (Å²) in [6.45, 7) is -4.97. The average Bonchev–Trinajstić information content (AvgIpc) is 2.78. The van der Waals surface area contributed by atoms with Gasteiger partial charge in [0.2, 0.25) is 11.4 Å². The predicted octanol–water partition coefficient (Wildman–Crippen LogP) is -1.21. The summed E-state index contributed by atoms with van der Waals surface area (Å²) >= 11 is 0. The van der Waals surface area contributed by atoms with Crippen molar-refractivity contribution in [1.29, 1.82) is 0 Å². The van der Waals surface area contributed by atoms with E-state index < -0.39 is 90.8 Å². The molecule has 5 N–H and O–H groups in total. The number of ether oxygens (including phenoxy) is 2. The third-order valence-electron chi connectivity index (χ3n) is 4.61. The van der Waals surface area contributed by atoms with Crippen molar-refractivity contribution in [1.82, 2.24) is 0 Å². The van der Waals surface area contributed by atoms with Crippen LogP contribution in [0.5, 0.6) is 11.5 Å². The number of carboxylic acids is 1. The van der Waals surface area contributed by atoms with Gasteiger partial charge in [-0.2, -0.15) is 0 Å². The largest absolute Gasteiger partial charge is 0.507 e. The molecular weight excluding hydrogens is 392 g/mol. The summed E-state index contributed by atoms with van der Waals surface area (Å²) in [6, 6.07) is 2.38. The van der Waals surface area contributed by atoms with E-state index >= 15 is 0 Å². The fourth-order valence-corrected chi connectivity index (χ4v) is 3.06. The van der Waals surface area contributed by atoms with Crippen LogP contribution in [-0.4, -0.2) is 78.6 Å². The number of carbonyl (C=O) groups excluding carboxylic acids is 3. The number of rotatable bonds is 6. The number of aromatic hydroxyl groups is 1. The van der Waals surface area contributed by atoms with E-state index in [1.807, 2.05) is 0 Å². The molecule has 11 heteroatoms. The van der Waals surface area contributed by atoms with Gasteiger partial charge in [-0.15, -0.1) is 0 Å². The molecule has 0 spiro atoms. The molecule has 1 aromatic carbocycles. The fraction of sp³-hybridized carbons (Fsp3) is 0.444. The SMILES string of the molecule is [2H]CC(=O)C1(Oc2ccc(O)c(C(=O)O)c2)OC[C@@H](O)[C@@](O)(C(=O)C[2H])[C@]1(O)C(=O)C[2H]. The lowest BCUT2D eigenvalue weighted by molar-refractivity contribution is -0.343. The zero-order chi connectivity index (χ0) is 24.5. The Morgan fingerprint density at radius 3 is 2.31 bits per heavy atom. The Hall–Kier alpha value is -2.86. The zero-order valence-electron chi connectivity index (χ0n) is 17.8. The van der Waals surface area contributed by atoms with Gasteiger partial charge in [0.05, 0.1) is 6.61 Å². The monoisotopic (exact) mass is 415 g/mol. The predicted molar refractivity (Wildman–Crippen MR) is 92.3 cm³/mol. The number of aromatic carboxylic acids is 1. The lowest BCUT2D eigenvalue weighted by atomic mass is 9.66. The molecule has 158 valence electrons. The van der Waals surface area contributed by atoms with Crippen LogP contribution in [-0.2, 0) is 19.1 Å². The van der Waals surface area contributed by atoms with E-state index in [4.69, 9.17) is 18.7 Å². The molecule has 1 aliphatic rings. The maximum absolute atomic E-state index is 12.8. The minimum atomic E-state index is -3.81. The van der Waals surface area contributed by atoms with E-state index in [1.54, 1.807) is 0 Å². The molecule has 1 saturated heterocycles. The van der Waals surface area contributed by atoms with E-state index in [1.165, 1.54) is 0 Å². The topological polar surface area (TPSA) is 188 Å². The summed E-state index contributed by atoms with van der Waals surface area (Å²) in [5.74, 6) is -11.2. The molecule has 29 heavy (non-hydrogen) atoms. The molecule has 0 saturated carbocycles. The maximum atomic E-state index is 12.8. The zero-order valence-corrected chi connectivity index (χ0v) is 14.8. The molecule has 1 heterocycles. The van der Waals surface area contributed by atoms with E-state index in [0.717, 1.165) is 12.1 Å². The molecule has 4 atom stereocenters. The first-order chi connectivity index (χ1) is 14.9. The number of ketones is 3. The molecule has 0 radical (unpaired) electrons. The number of benzene rings is 1. The van der Waals surface area contributed by atoms with Crippen molar-refractivity contribution < 1.29 is 58.3 Å². The third-order valence-corrected chi connectivity index (χ3v) is 4.61. The maximum Gasteiger partial charge on any atom is 0.339 e. The Bertz CT molecular complexity index is 954. The normalized spacial score (nSPS) is 33.1. The molecule has 1 unspecified atom stereocenters. The number of carbonyl (C=O) groups is 4. The molecule has 1 fully saturated rings. The van der Waals surface area contributed by atoms with Crippen LogP contribution in [0.25, 0.3) is 0 Å². The number of hydrogen-bond acceptors (Lipinski definition) is 10. The Morgan fingerprint density at radius 1 is 1.14 bits per heavy atom. The number of Topliss-reactive ketones (excluding diaryl/α,β-unsaturated/α-hetero) is 3. The number of hydrogen-bond donors (Lipinski definition) is 5. The molecule has 0 amide bonds. The minimum Gasteiger partial charge on any atom is -0.507 e. The van der Waals surface area contributed by atoms with Crippen molar-refractivity contribution in [3.63, 3.8) is 0 Å². The van der Waals surface area contributed by atoms with Crippen molar-refractivity contribution >= 4 is 23.3 Å². The van der Waals surface area contributed by atoms with Crippen LogP contribution < -0.4 is 4.74 Å². The van der Waals surface area contributed by atoms with Gasteiger partial charge in [-0.1, -0.05) is 0 Å². The van der Waals surface area contributed by atoms with Gasteiger partial charge in [-0.25, -0.2) is 4.79 Å². The molecule has 0 bridgehead atoms. The summed E-state index contributed by atoms with van der Waals surface area (Å²) in [7, 11) is 0. The second kappa shape index (κ2) is 7.19. The molecular formula is C18H20O11. The van der Waals surface area contributed by atoms with Gasteiger partial charge >= 0.3 is 11.8 Å². The van der Waals surface area contributed by atoms with Crippen LogP contribution in [0.1, 0.15) is 35.2 Å². The molecule has 11 nitrogen and oxygen atoms in total. The first kappa shape index (κ1) is 18.2. The van der Waals surface area contributed by atoms with Gasteiger partial charge in [0.15, 0.2) is 17.2 Å². The Labute approximate surface area is 168 Å². The van der Waals surface area contributed by atoms with Gasteiger partial charge in [0.25, 0.3) is 0 Å². The van der Waals surface area contributed by atoms with Gasteiger partial charge in [0.1, 0.15) is 23.2 Å².